The van der Waals surface area contributed by atoms with Gasteiger partial charge in [-0.1, -0.05) is 17.7 Å². The van der Waals surface area contributed by atoms with E-state index in [0.29, 0.717) is 11.6 Å². The Morgan fingerprint density at radius 2 is 1.96 bits per heavy atom. The van der Waals surface area contributed by atoms with Crippen LogP contribution in [0.15, 0.2) is 29.3 Å². The van der Waals surface area contributed by atoms with E-state index in [0.717, 1.165) is 44.4 Å². The van der Waals surface area contributed by atoms with Crippen LogP contribution in [0.1, 0.15) is 20.8 Å². The van der Waals surface area contributed by atoms with E-state index in [1.807, 2.05) is 36.9 Å². The van der Waals surface area contributed by atoms with Gasteiger partial charge in [0.15, 0.2) is 5.96 Å². The molecule has 0 bridgehead atoms. The van der Waals surface area contributed by atoms with Crippen LogP contribution in [0.3, 0.4) is 0 Å². The Bertz CT molecular complexity index is 607. The number of halogens is 2. The number of benzene rings is 1. The number of ether oxygens (including phenoxy) is 1. The Hall–Kier alpha value is -1.22. The normalized spacial score (nSPS) is 15.9. The van der Waals surface area contributed by atoms with Crippen molar-refractivity contribution in [3.05, 3.63) is 29.3 Å². The SMILES string of the molecule is CCNC(=NCC(C)Oc1cccc(Cl)c1)N1CCN(C(C)=O)CC1.I. The number of piperazine rings is 1. The second kappa shape index (κ2) is 11.5. The monoisotopic (exact) mass is 494 g/mol. The Balaban J connectivity index is 0.00000338. The first-order valence-corrected chi connectivity index (χ1v) is 9.08. The maximum atomic E-state index is 11.4. The summed E-state index contributed by atoms with van der Waals surface area (Å²) in [6, 6.07) is 7.37. The van der Waals surface area contributed by atoms with Crippen molar-refractivity contribution in [1.29, 1.82) is 0 Å². The van der Waals surface area contributed by atoms with Gasteiger partial charge in [-0.05, 0) is 32.0 Å². The van der Waals surface area contributed by atoms with Crippen LogP contribution < -0.4 is 10.1 Å². The van der Waals surface area contributed by atoms with Gasteiger partial charge in [0.25, 0.3) is 0 Å². The fourth-order valence-corrected chi connectivity index (χ4v) is 2.86. The maximum absolute atomic E-state index is 11.4. The van der Waals surface area contributed by atoms with Gasteiger partial charge in [-0.3, -0.25) is 4.79 Å². The minimum absolute atomic E-state index is 0. The number of hydrogen-bond donors (Lipinski definition) is 1. The molecule has 146 valence electrons. The van der Waals surface area contributed by atoms with Gasteiger partial charge in [0, 0.05) is 44.7 Å². The number of rotatable bonds is 5. The third-order valence-electron chi connectivity index (χ3n) is 3.99. The number of nitrogens with zero attached hydrogens (tertiary/aromatic N) is 3. The van der Waals surface area contributed by atoms with E-state index in [-0.39, 0.29) is 36.0 Å². The fraction of sp³-hybridized carbons (Fsp3) is 0.556. The van der Waals surface area contributed by atoms with Gasteiger partial charge in [0.2, 0.25) is 5.91 Å². The van der Waals surface area contributed by atoms with Crippen LogP contribution in [0.25, 0.3) is 0 Å². The van der Waals surface area contributed by atoms with Crippen molar-refractivity contribution >= 4 is 47.4 Å². The highest BCUT2D eigenvalue weighted by Gasteiger charge is 2.21. The van der Waals surface area contributed by atoms with Crippen LogP contribution in [0.2, 0.25) is 5.02 Å². The van der Waals surface area contributed by atoms with Gasteiger partial charge in [-0.15, -0.1) is 24.0 Å². The zero-order valence-electron chi connectivity index (χ0n) is 15.6. The quantitative estimate of drug-likeness (QED) is 0.389. The van der Waals surface area contributed by atoms with E-state index in [1.165, 1.54) is 0 Å². The molecule has 1 N–H and O–H groups in total. The van der Waals surface area contributed by atoms with Crippen LogP contribution in [-0.2, 0) is 4.79 Å². The lowest BCUT2D eigenvalue weighted by Gasteiger charge is -2.36. The summed E-state index contributed by atoms with van der Waals surface area (Å²) in [7, 11) is 0. The number of carbonyl (C=O) groups excluding carboxylic acids is 1. The van der Waals surface area contributed by atoms with Crippen LogP contribution in [0, 0.1) is 0 Å². The van der Waals surface area contributed by atoms with Crippen LogP contribution >= 0.6 is 35.6 Å². The predicted octanol–water partition coefficient (Wildman–Crippen LogP) is 2.85. The number of guanidine groups is 1. The second-order valence-corrected chi connectivity index (χ2v) is 6.51. The second-order valence-electron chi connectivity index (χ2n) is 6.07. The first kappa shape index (κ1) is 22.8. The Morgan fingerprint density at radius 1 is 1.31 bits per heavy atom. The number of hydrogen-bond acceptors (Lipinski definition) is 3. The van der Waals surface area contributed by atoms with Gasteiger partial charge >= 0.3 is 0 Å². The highest BCUT2D eigenvalue weighted by atomic mass is 127. The lowest BCUT2D eigenvalue weighted by molar-refractivity contribution is -0.130. The maximum Gasteiger partial charge on any atom is 0.219 e. The lowest BCUT2D eigenvalue weighted by atomic mass is 10.3. The summed E-state index contributed by atoms with van der Waals surface area (Å²) in [5, 5.41) is 3.98. The number of carbonyl (C=O) groups is 1. The van der Waals surface area contributed by atoms with Gasteiger partial charge in [0.1, 0.15) is 11.9 Å². The van der Waals surface area contributed by atoms with Gasteiger partial charge in [0.05, 0.1) is 6.54 Å². The van der Waals surface area contributed by atoms with E-state index in [4.69, 9.17) is 21.3 Å². The molecule has 2 rings (SSSR count). The van der Waals surface area contributed by atoms with E-state index in [2.05, 4.69) is 10.2 Å². The summed E-state index contributed by atoms with van der Waals surface area (Å²) in [6.07, 6.45) is -0.0642. The summed E-state index contributed by atoms with van der Waals surface area (Å²) in [5.41, 5.74) is 0. The molecule has 0 aromatic heterocycles. The molecule has 1 atom stereocenters. The Morgan fingerprint density at radius 3 is 2.54 bits per heavy atom. The summed E-state index contributed by atoms with van der Waals surface area (Å²) < 4.78 is 5.87. The third kappa shape index (κ3) is 7.19. The first-order chi connectivity index (χ1) is 12.0. The molecule has 1 unspecified atom stereocenters. The molecule has 0 saturated carbocycles. The van der Waals surface area contributed by atoms with Gasteiger partial charge in [-0.25, -0.2) is 4.99 Å². The predicted molar refractivity (Wildman–Crippen MR) is 117 cm³/mol. The molecule has 1 aliphatic heterocycles. The van der Waals surface area contributed by atoms with Crippen LogP contribution in [-0.4, -0.2) is 67.0 Å². The zero-order chi connectivity index (χ0) is 18.2. The molecule has 0 spiro atoms. The lowest BCUT2D eigenvalue weighted by Crippen LogP contribution is -2.53. The van der Waals surface area contributed by atoms with E-state index in [1.54, 1.807) is 13.0 Å². The average molecular weight is 495 g/mol. The molecular formula is C18H28ClIN4O2. The fourth-order valence-electron chi connectivity index (χ4n) is 2.68. The molecule has 8 heteroatoms. The molecule has 1 aliphatic rings. The largest absolute Gasteiger partial charge is 0.489 e. The highest BCUT2D eigenvalue weighted by Crippen LogP contribution is 2.18. The minimum Gasteiger partial charge on any atom is -0.489 e. The molecule has 1 saturated heterocycles. The Kier molecular flexibility index (Phi) is 10.1. The average Bonchev–Trinajstić information content (AvgIpc) is 2.58. The molecule has 1 aromatic carbocycles. The van der Waals surface area contributed by atoms with Crippen molar-refractivity contribution in [3.8, 4) is 5.75 Å². The number of nitrogens with one attached hydrogen (secondary N) is 1. The molecule has 1 fully saturated rings. The summed E-state index contributed by atoms with van der Waals surface area (Å²) in [6.45, 7) is 10.0. The highest BCUT2D eigenvalue weighted by molar-refractivity contribution is 14.0. The standard InChI is InChI=1S/C18H27ClN4O2.HI/c1-4-20-18(23-10-8-22(9-11-23)15(3)24)21-13-14(2)25-17-7-5-6-16(19)12-17;/h5-7,12,14H,4,8-11,13H2,1-3H3,(H,20,21);1H. The third-order valence-corrected chi connectivity index (χ3v) is 4.23. The molecular weight excluding hydrogens is 467 g/mol. The molecule has 0 aliphatic carbocycles. The van der Waals surface area contributed by atoms with E-state index in [9.17, 15) is 4.79 Å². The summed E-state index contributed by atoms with van der Waals surface area (Å²) in [4.78, 5) is 20.2. The number of aliphatic imine (C=N–C) groups is 1. The molecule has 1 aromatic rings. The van der Waals surface area contributed by atoms with Crippen molar-refractivity contribution in [2.24, 2.45) is 4.99 Å². The Labute approximate surface area is 177 Å². The zero-order valence-corrected chi connectivity index (χ0v) is 18.7. The molecule has 1 heterocycles. The smallest absolute Gasteiger partial charge is 0.219 e. The van der Waals surface area contributed by atoms with Crippen LogP contribution in [0.5, 0.6) is 5.75 Å². The first-order valence-electron chi connectivity index (χ1n) is 8.70. The topological polar surface area (TPSA) is 57.2 Å². The van der Waals surface area contributed by atoms with Crippen molar-refractivity contribution < 1.29 is 9.53 Å². The van der Waals surface area contributed by atoms with E-state index >= 15 is 0 Å². The summed E-state index contributed by atoms with van der Waals surface area (Å²) in [5.74, 6) is 1.74. The van der Waals surface area contributed by atoms with Crippen molar-refractivity contribution in [3.63, 3.8) is 0 Å². The van der Waals surface area contributed by atoms with Crippen LogP contribution in [0.4, 0.5) is 0 Å². The minimum atomic E-state index is -0.0642. The van der Waals surface area contributed by atoms with Gasteiger partial charge < -0.3 is 19.9 Å². The van der Waals surface area contributed by atoms with E-state index < -0.39 is 0 Å². The van der Waals surface area contributed by atoms with Crippen molar-refractivity contribution in [1.82, 2.24) is 15.1 Å². The summed E-state index contributed by atoms with van der Waals surface area (Å²) >= 11 is 5.98. The van der Waals surface area contributed by atoms with Crippen molar-refractivity contribution in [2.45, 2.75) is 26.9 Å². The number of amides is 1. The molecule has 26 heavy (non-hydrogen) atoms. The molecule has 6 nitrogen and oxygen atoms in total. The molecule has 1 amide bonds. The molecule has 0 radical (unpaired) electrons. The van der Waals surface area contributed by atoms with Gasteiger partial charge in [-0.2, -0.15) is 0 Å². The van der Waals surface area contributed by atoms with Crippen molar-refractivity contribution in [2.75, 3.05) is 39.3 Å².